The third kappa shape index (κ3) is 3.45. The maximum atomic E-state index is 13.7. The lowest BCUT2D eigenvalue weighted by Crippen LogP contribution is -2.45. The van der Waals surface area contributed by atoms with Gasteiger partial charge in [-0.05, 0) is 31.7 Å². The van der Waals surface area contributed by atoms with Crippen molar-refractivity contribution in [3.05, 3.63) is 51.1 Å². The largest absolute Gasteiger partial charge is 0.356 e. The Bertz CT molecular complexity index is 1240. The molecule has 0 atom stereocenters. The van der Waals surface area contributed by atoms with Gasteiger partial charge in [0.25, 0.3) is 0 Å². The molecule has 0 unspecified atom stereocenters. The Morgan fingerprint density at radius 3 is 2.48 bits per heavy atom. The van der Waals surface area contributed by atoms with Crippen LogP contribution >= 0.6 is 0 Å². The molecular formula is C21H24FN7O2. The van der Waals surface area contributed by atoms with Gasteiger partial charge in [-0.25, -0.2) is 14.4 Å². The lowest BCUT2D eigenvalue weighted by atomic mass is 10.0. The summed E-state index contributed by atoms with van der Waals surface area (Å²) in [6.07, 6.45) is 6.51. The molecule has 3 aromatic rings. The second-order valence-corrected chi connectivity index (χ2v) is 8.16. The van der Waals surface area contributed by atoms with Crippen molar-refractivity contribution in [2.45, 2.75) is 31.7 Å². The predicted octanol–water partition coefficient (Wildman–Crippen LogP) is 1.47. The molecule has 31 heavy (non-hydrogen) atoms. The lowest BCUT2D eigenvalue weighted by molar-refractivity contribution is 0.389. The number of piperidine rings is 1. The zero-order valence-electron chi connectivity index (χ0n) is 17.4. The molecule has 0 radical (unpaired) electrons. The number of halogens is 1. The Balaban J connectivity index is 1.42. The minimum Gasteiger partial charge on any atom is -0.356 e. The quantitative estimate of drug-likeness (QED) is 0.587. The summed E-state index contributed by atoms with van der Waals surface area (Å²) < 4.78 is 16.3. The maximum absolute atomic E-state index is 13.7. The molecule has 10 heteroatoms. The molecule has 0 N–H and O–H groups in total. The van der Waals surface area contributed by atoms with Crippen LogP contribution < -0.4 is 20.9 Å². The van der Waals surface area contributed by atoms with Crippen molar-refractivity contribution < 1.29 is 4.39 Å². The van der Waals surface area contributed by atoms with Crippen LogP contribution in [0.15, 0.2) is 34.1 Å². The zero-order chi connectivity index (χ0) is 21.5. The van der Waals surface area contributed by atoms with E-state index in [1.807, 2.05) is 6.07 Å². The average molecular weight is 425 g/mol. The molecular weight excluding hydrogens is 401 g/mol. The van der Waals surface area contributed by atoms with Crippen LogP contribution in [0.2, 0.25) is 0 Å². The first-order chi connectivity index (χ1) is 15.0. The Hall–Kier alpha value is -3.30. The van der Waals surface area contributed by atoms with Crippen molar-refractivity contribution in [3.8, 4) is 0 Å². The molecule has 162 valence electrons. The van der Waals surface area contributed by atoms with Gasteiger partial charge in [0.2, 0.25) is 5.95 Å². The van der Waals surface area contributed by atoms with Crippen LogP contribution in [0.3, 0.4) is 0 Å². The minimum absolute atomic E-state index is 0.195. The van der Waals surface area contributed by atoms with Crippen LogP contribution in [0.25, 0.3) is 11.2 Å². The Morgan fingerprint density at radius 2 is 1.74 bits per heavy atom. The monoisotopic (exact) mass is 425 g/mol. The third-order valence-electron chi connectivity index (χ3n) is 6.28. The van der Waals surface area contributed by atoms with Crippen LogP contribution in [0.5, 0.6) is 0 Å². The number of anilines is 2. The molecule has 0 bridgehead atoms. The molecule has 0 aliphatic carbocycles. The van der Waals surface area contributed by atoms with Gasteiger partial charge < -0.3 is 14.4 Å². The van der Waals surface area contributed by atoms with E-state index in [4.69, 9.17) is 4.98 Å². The van der Waals surface area contributed by atoms with Gasteiger partial charge in [-0.3, -0.25) is 14.2 Å². The molecule has 0 spiro atoms. The molecule has 2 saturated heterocycles. The van der Waals surface area contributed by atoms with E-state index < -0.39 is 16.9 Å². The summed E-state index contributed by atoms with van der Waals surface area (Å²) in [7, 11) is 1.46. The van der Waals surface area contributed by atoms with Crippen molar-refractivity contribution in [1.82, 2.24) is 24.1 Å². The van der Waals surface area contributed by atoms with E-state index in [-0.39, 0.29) is 6.04 Å². The van der Waals surface area contributed by atoms with E-state index in [0.29, 0.717) is 43.0 Å². The summed E-state index contributed by atoms with van der Waals surface area (Å²) in [5.74, 6) is 1.09. The second kappa shape index (κ2) is 7.75. The molecule has 9 nitrogen and oxygen atoms in total. The summed E-state index contributed by atoms with van der Waals surface area (Å²) in [5.41, 5.74) is -0.656. The van der Waals surface area contributed by atoms with Crippen LogP contribution in [-0.4, -0.2) is 50.3 Å². The first-order valence-corrected chi connectivity index (χ1v) is 10.6. The van der Waals surface area contributed by atoms with E-state index in [9.17, 15) is 14.0 Å². The zero-order valence-corrected chi connectivity index (χ0v) is 17.4. The van der Waals surface area contributed by atoms with Gasteiger partial charge in [-0.15, -0.1) is 0 Å². The van der Waals surface area contributed by atoms with E-state index in [0.717, 1.165) is 29.7 Å². The van der Waals surface area contributed by atoms with Gasteiger partial charge >= 0.3 is 11.1 Å². The molecule has 2 fully saturated rings. The van der Waals surface area contributed by atoms with Crippen molar-refractivity contribution in [1.29, 1.82) is 0 Å². The van der Waals surface area contributed by atoms with Gasteiger partial charge in [0, 0.05) is 51.5 Å². The molecule has 2 aliphatic rings. The highest BCUT2D eigenvalue weighted by Crippen LogP contribution is 2.27. The fourth-order valence-corrected chi connectivity index (χ4v) is 4.58. The van der Waals surface area contributed by atoms with Crippen LogP contribution in [-0.2, 0) is 7.05 Å². The number of aromatic nitrogens is 5. The predicted molar refractivity (Wildman–Crippen MR) is 115 cm³/mol. The van der Waals surface area contributed by atoms with E-state index >= 15 is 0 Å². The first kappa shape index (κ1) is 19.7. The number of fused-ring (bicyclic) bond motifs is 1. The topological polar surface area (TPSA) is 89.2 Å². The molecule has 5 rings (SSSR count). The number of aryl methyl sites for hydroxylation is 1. The standard InChI is InChI=1S/C21H24FN7O2/c1-26-16-12-14(22)13-24-18(16)29(20(31)19(26)30)15-5-10-28(11-6-15)21-23-7-4-17(25-21)27-8-2-3-9-27/h4,7,12-13,15H,2-3,5-6,8-11H2,1H3. The van der Waals surface area contributed by atoms with Crippen LogP contribution in [0.4, 0.5) is 16.2 Å². The van der Waals surface area contributed by atoms with Gasteiger partial charge in [-0.2, -0.15) is 4.98 Å². The molecule has 3 aromatic heterocycles. The smallest absolute Gasteiger partial charge is 0.318 e. The molecule has 0 amide bonds. The Kier molecular flexibility index (Phi) is 4.91. The minimum atomic E-state index is -0.677. The molecule has 5 heterocycles. The van der Waals surface area contributed by atoms with E-state index in [2.05, 4.69) is 19.8 Å². The maximum Gasteiger partial charge on any atom is 0.318 e. The highest BCUT2D eigenvalue weighted by molar-refractivity contribution is 5.70. The van der Waals surface area contributed by atoms with Crippen molar-refractivity contribution >= 4 is 22.9 Å². The first-order valence-electron chi connectivity index (χ1n) is 10.6. The number of nitrogens with zero attached hydrogens (tertiary/aromatic N) is 7. The van der Waals surface area contributed by atoms with Gasteiger partial charge in [-0.1, -0.05) is 0 Å². The van der Waals surface area contributed by atoms with Crippen LogP contribution in [0, 0.1) is 5.82 Å². The third-order valence-corrected chi connectivity index (χ3v) is 6.28. The lowest BCUT2D eigenvalue weighted by Gasteiger charge is -2.33. The normalized spacial score (nSPS) is 17.6. The SMILES string of the molecule is Cn1c(=O)c(=O)n(C2CCN(c3nccc(N4CCCC4)n3)CC2)c2ncc(F)cc21. The molecule has 0 aromatic carbocycles. The van der Waals surface area contributed by atoms with Crippen molar-refractivity contribution in [2.75, 3.05) is 36.0 Å². The van der Waals surface area contributed by atoms with Gasteiger partial charge in [0.05, 0.1) is 11.7 Å². The molecule has 2 aliphatic heterocycles. The highest BCUT2D eigenvalue weighted by Gasteiger charge is 2.27. The number of pyridine rings is 1. The summed E-state index contributed by atoms with van der Waals surface area (Å²) in [6, 6.07) is 2.99. The number of hydrogen-bond donors (Lipinski definition) is 0. The van der Waals surface area contributed by atoms with E-state index in [1.54, 1.807) is 6.20 Å². The van der Waals surface area contributed by atoms with Crippen LogP contribution in [0.1, 0.15) is 31.7 Å². The Labute approximate surface area is 177 Å². The molecule has 0 saturated carbocycles. The summed E-state index contributed by atoms with van der Waals surface area (Å²) in [5, 5.41) is 0. The number of rotatable bonds is 3. The van der Waals surface area contributed by atoms with Gasteiger partial charge in [0.1, 0.15) is 11.6 Å². The second-order valence-electron chi connectivity index (χ2n) is 8.16. The van der Waals surface area contributed by atoms with Gasteiger partial charge in [0.15, 0.2) is 5.65 Å². The average Bonchev–Trinajstić information content (AvgIpc) is 3.34. The fourth-order valence-electron chi connectivity index (χ4n) is 4.58. The van der Waals surface area contributed by atoms with Crippen molar-refractivity contribution in [3.63, 3.8) is 0 Å². The summed E-state index contributed by atoms with van der Waals surface area (Å²) in [6.45, 7) is 3.34. The Morgan fingerprint density at radius 1 is 1.00 bits per heavy atom. The number of hydrogen-bond acceptors (Lipinski definition) is 7. The highest BCUT2D eigenvalue weighted by atomic mass is 19.1. The fraction of sp³-hybridized carbons (Fsp3) is 0.476. The van der Waals surface area contributed by atoms with Crippen molar-refractivity contribution in [2.24, 2.45) is 7.05 Å². The summed E-state index contributed by atoms with van der Waals surface area (Å²) in [4.78, 5) is 42.9. The summed E-state index contributed by atoms with van der Waals surface area (Å²) >= 11 is 0. The van der Waals surface area contributed by atoms with E-state index in [1.165, 1.54) is 30.5 Å².